The van der Waals surface area contributed by atoms with E-state index in [0.29, 0.717) is 38.7 Å². The summed E-state index contributed by atoms with van der Waals surface area (Å²) in [4.78, 5) is 41.0. The Bertz CT molecular complexity index is 623. The van der Waals surface area contributed by atoms with Crippen molar-refractivity contribution < 1.29 is 19.1 Å². The molecule has 1 aliphatic heterocycles. The quantitative estimate of drug-likeness (QED) is 0.723. The third-order valence-electron chi connectivity index (χ3n) is 4.81. The Morgan fingerprint density at radius 2 is 1.88 bits per heavy atom. The lowest BCUT2D eigenvalue weighted by Crippen LogP contribution is -2.51. The molecule has 2 fully saturated rings. The Morgan fingerprint density at radius 3 is 2.52 bits per heavy atom. The molecule has 1 saturated heterocycles. The minimum Gasteiger partial charge on any atom is -0.466 e. The molecule has 1 aromatic rings. The van der Waals surface area contributed by atoms with Gasteiger partial charge in [-0.15, -0.1) is 11.3 Å². The van der Waals surface area contributed by atoms with Crippen LogP contribution in [-0.4, -0.2) is 60.4 Å². The van der Waals surface area contributed by atoms with Crippen LogP contribution in [0.25, 0.3) is 0 Å². The zero-order valence-corrected chi connectivity index (χ0v) is 15.3. The summed E-state index contributed by atoms with van der Waals surface area (Å²) in [5, 5.41) is 2.05. The lowest BCUT2D eigenvalue weighted by atomic mass is 10.2. The van der Waals surface area contributed by atoms with E-state index >= 15 is 0 Å². The Balaban J connectivity index is 1.40. The molecule has 6 nitrogen and oxygen atoms in total. The van der Waals surface area contributed by atoms with Gasteiger partial charge in [0.15, 0.2) is 0 Å². The first kappa shape index (κ1) is 17.9. The molecule has 3 rings (SSSR count). The van der Waals surface area contributed by atoms with E-state index in [1.807, 2.05) is 11.0 Å². The number of amides is 2. The van der Waals surface area contributed by atoms with Crippen LogP contribution in [0.3, 0.4) is 0 Å². The van der Waals surface area contributed by atoms with Gasteiger partial charge in [-0.25, -0.2) is 0 Å². The molecule has 0 aromatic carbocycles. The fourth-order valence-corrected chi connectivity index (χ4v) is 4.20. The van der Waals surface area contributed by atoms with Gasteiger partial charge < -0.3 is 14.5 Å². The Hall–Kier alpha value is -1.89. The molecule has 0 bridgehead atoms. The maximum Gasteiger partial charge on any atom is 0.306 e. The van der Waals surface area contributed by atoms with Gasteiger partial charge in [0, 0.05) is 49.3 Å². The molecule has 7 heteroatoms. The average molecular weight is 364 g/mol. The Morgan fingerprint density at radius 1 is 1.16 bits per heavy atom. The predicted molar refractivity (Wildman–Crippen MR) is 94.2 cm³/mol. The maximum absolute atomic E-state index is 12.6. The van der Waals surface area contributed by atoms with Crippen molar-refractivity contribution >= 4 is 29.1 Å². The molecule has 0 N–H and O–H groups in total. The summed E-state index contributed by atoms with van der Waals surface area (Å²) < 4.78 is 4.84. The number of ether oxygens (including phenoxy) is 1. The number of hydrogen-bond acceptors (Lipinski definition) is 5. The van der Waals surface area contributed by atoms with Crippen molar-refractivity contribution in [2.75, 3.05) is 32.8 Å². The van der Waals surface area contributed by atoms with E-state index in [1.54, 1.807) is 23.2 Å². The molecule has 25 heavy (non-hydrogen) atoms. The monoisotopic (exact) mass is 364 g/mol. The number of thiophene rings is 1. The first-order chi connectivity index (χ1) is 12.1. The second-order valence-electron chi connectivity index (χ2n) is 6.48. The zero-order chi connectivity index (χ0) is 17.8. The molecular weight excluding hydrogens is 340 g/mol. The fraction of sp³-hybridized carbons (Fsp3) is 0.611. The summed E-state index contributed by atoms with van der Waals surface area (Å²) in [5.74, 6) is 0.347. The van der Waals surface area contributed by atoms with Gasteiger partial charge in [0.05, 0.1) is 13.0 Å². The van der Waals surface area contributed by atoms with E-state index in [2.05, 4.69) is 11.4 Å². The van der Waals surface area contributed by atoms with Gasteiger partial charge in [0.25, 0.3) is 0 Å². The highest BCUT2D eigenvalue weighted by molar-refractivity contribution is 7.10. The van der Waals surface area contributed by atoms with Crippen LogP contribution < -0.4 is 0 Å². The van der Waals surface area contributed by atoms with Crippen molar-refractivity contribution in [2.24, 2.45) is 5.92 Å². The van der Waals surface area contributed by atoms with E-state index in [4.69, 9.17) is 4.74 Å². The van der Waals surface area contributed by atoms with Crippen LogP contribution in [0.1, 0.15) is 37.0 Å². The van der Waals surface area contributed by atoms with Crippen molar-refractivity contribution in [3.8, 4) is 0 Å². The lowest BCUT2D eigenvalue weighted by Gasteiger charge is -2.35. The first-order valence-corrected chi connectivity index (χ1v) is 9.73. The summed E-state index contributed by atoms with van der Waals surface area (Å²) in [7, 11) is 0. The minimum atomic E-state index is -0.335. The van der Waals surface area contributed by atoms with Gasteiger partial charge in [-0.05, 0) is 24.8 Å². The number of carbonyl (C=O) groups is 3. The van der Waals surface area contributed by atoms with Gasteiger partial charge in [-0.1, -0.05) is 6.07 Å². The predicted octanol–water partition coefficient (Wildman–Crippen LogP) is 1.87. The Labute approximate surface area is 151 Å². The van der Waals surface area contributed by atoms with Crippen LogP contribution in [0.15, 0.2) is 17.5 Å². The summed E-state index contributed by atoms with van der Waals surface area (Å²) in [6.07, 6.45) is 1.24. The number of carbonyl (C=O) groups excluding carboxylic acids is 3. The molecule has 2 heterocycles. The van der Waals surface area contributed by atoms with E-state index in [-0.39, 0.29) is 36.5 Å². The summed E-state index contributed by atoms with van der Waals surface area (Å²) in [5.41, 5.74) is 0. The number of piperazine rings is 1. The normalized spacial score (nSPS) is 22.6. The van der Waals surface area contributed by atoms with Gasteiger partial charge in [0.1, 0.15) is 0 Å². The summed E-state index contributed by atoms with van der Waals surface area (Å²) >= 11 is 1.72. The number of esters is 1. The van der Waals surface area contributed by atoms with E-state index in [9.17, 15) is 14.4 Å². The molecule has 0 radical (unpaired) electrons. The molecule has 1 aromatic heterocycles. The van der Waals surface area contributed by atoms with Gasteiger partial charge in [-0.3, -0.25) is 14.4 Å². The first-order valence-electron chi connectivity index (χ1n) is 8.85. The molecule has 0 spiro atoms. The smallest absolute Gasteiger partial charge is 0.306 e. The average Bonchev–Trinajstić information content (AvgIpc) is 3.24. The number of rotatable bonds is 6. The zero-order valence-electron chi connectivity index (χ0n) is 14.5. The van der Waals surface area contributed by atoms with Crippen molar-refractivity contribution in [1.82, 2.24) is 9.80 Å². The molecular formula is C18H24N2O4S. The van der Waals surface area contributed by atoms with Gasteiger partial charge in [0.2, 0.25) is 11.8 Å². The molecule has 2 unspecified atom stereocenters. The highest BCUT2D eigenvalue weighted by Gasteiger charge is 2.46. The highest BCUT2D eigenvalue weighted by Crippen LogP contribution is 2.50. The highest BCUT2D eigenvalue weighted by atomic mass is 32.1. The topological polar surface area (TPSA) is 66.9 Å². The van der Waals surface area contributed by atoms with Gasteiger partial charge in [-0.2, -0.15) is 0 Å². The fourth-order valence-electron chi connectivity index (χ4n) is 3.30. The summed E-state index contributed by atoms with van der Waals surface area (Å²) in [6.45, 7) is 4.34. The van der Waals surface area contributed by atoms with Crippen molar-refractivity contribution in [3.63, 3.8) is 0 Å². The standard InChI is InChI=1S/C18H24N2O4S/c1-2-24-17(22)6-5-16(21)19-7-9-20(10-8-19)18(23)14-12-13(14)15-4-3-11-25-15/h3-4,11,13-14H,2,5-10,12H2,1H3. The SMILES string of the molecule is CCOC(=O)CCC(=O)N1CCN(C(=O)C2CC2c2cccs2)CC1. The minimum absolute atomic E-state index is 0.0389. The van der Waals surface area contributed by atoms with Crippen LogP contribution in [0.4, 0.5) is 0 Å². The third-order valence-corrected chi connectivity index (χ3v) is 5.81. The molecule has 2 amide bonds. The van der Waals surface area contributed by atoms with Gasteiger partial charge >= 0.3 is 5.97 Å². The van der Waals surface area contributed by atoms with Crippen LogP contribution >= 0.6 is 11.3 Å². The molecule has 2 atom stereocenters. The largest absolute Gasteiger partial charge is 0.466 e. The van der Waals surface area contributed by atoms with Crippen molar-refractivity contribution in [1.29, 1.82) is 0 Å². The van der Waals surface area contributed by atoms with Crippen LogP contribution in [0.2, 0.25) is 0 Å². The van der Waals surface area contributed by atoms with E-state index in [0.717, 1.165) is 6.42 Å². The second-order valence-corrected chi connectivity index (χ2v) is 7.45. The Kier molecular flexibility index (Phi) is 5.73. The third kappa shape index (κ3) is 4.39. The van der Waals surface area contributed by atoms with Crippen LogP contribution in [-0.2, 0) is 19.1 Å². The van der Waals surface area contributed by atoms with E-state index in [1.165, 1.54) is 4.88 Å². The number of nitrogens with zero attached hydrogens (tertiary/aromatic N) is 2. The molecule has 2 aliphatic rings. The van der Waals surface area contributed by atoms with Crippen LogP contribution in [0, 0.1) is 5.92 Å². The van der Waals surface area contributed by atoms with E-state index < -0.39 is 0 Å². The second kappa shape index (κ2) is 7.99. The molecule has 1 aliphatic carbocycles. The number of hydrogen-bond donors (Lipinski definition) is 0. The maximum atomic E-state index is 12.6. The summed E-state index contributed by atoms with van der Waals surface area (Å²) in [6, 6.07) is 4.13. The van der Waals surface area contributed by atoms with Crippen molar-refractivity contribution in [2.45, 2.75) is 32.1 Å². The molecule has 1 saturated carbocycles. The van der Waals surface area contributed by atoms with Crippen molar-refractivity contribution in [3.05, 3.63) is 22.4 Å². The lowest BCUT2D eigenvalue weighted by molar-refractivity contribution is -0.146. The van der Waals surface area contributed by atoms with Crippen LogP contribution in [0.5, 0.6) is 0 Å². The molecule has 136 valence electrons.